The molecule has 0 N–H and O–H groups in total. The molecule has 0 atom stereocenters. The molecule has 0 bridgehead atoms. The van der Waals surface area contributed by atoms with Crippen LogP contribution in [0, 0.1) is 6.92 Å². The van der Waals surface area contributed by atoms with E-state index in [-0.39, 0.29) is 11.6 Å². The van der Waals surface area contributed by atoms with Crippen molar-refractivity contribution in [3.8, 4) is 11.1 Å². The molecule has 0 fully saturated rings. The van der Waals surface area contributed by atoms with Crippen LogP contribution < -0.4 is 0 Å². The Morgan fingerprint density at radius 2 is 1.54 bits per heavy atom. The summed E-state index contributed by atoms with van der Waals surface area (Å²) in [5.74, 6) is -0.0412. The number of Topliss-reactive ketones (excluding diaryl/α,β-unsaturated/α-hetero) is 2. The van der Waals surface area contributed by atoms with Gasteiger partial charge in [-0.1, -0.05) is 87.4 Å². The Kier molecular flexibility index (Phi) is 14.1. The van der Waals surface area contributed by atoms with Gasteiger partial charge >= 0.3 is 0 Å². The molecule has 0 unspecified atom stereocenters. The molecule has 3 aromatic rings. The van der Waals surface area contributed by atoms with E-state index in [0.717, 1.165) is 18.4 Å². The normalized spacial score (nSPS) is 12.9. The summed E-state index contributed by atoms with van der Waals surface area (Å²) in [6.45, 7) is 17.6. The molecule has 3 aromatic carbocycles. The standard InChI is InChI=1S/C28H25NO2.2C2H6.C2H4/c1-19-6-10-23(11-7-19)25-5-3-4-21(16-25)8-9-22-14-15-29-27-13-12-24(20(2)30)18-26(27)28(31)17-22;3*1-2/h3-7,10-16,18H,8-9,17H2,1-2H3;2*1-2H3;1-2H2/b22-14-,29-15?;;;. The van der Waals surface area contributed by atoms with E-state index in [2.05, 4.69) is 73.6 Å². The fourth-order valence-electron chi connectivity index (χ4n) is 3.80. The largest absolute Gasteiger partial charge is 0.295 e. The Balaban J connectivity index is 0.00000106. The predicted molar refractivity (Wildman–Crippen MR) is 161 cm³/mol. The molecule has 1 heterocycles. The van der Waals surface area contributed by atoms with Crippen molar-refractivity contribution in [2.24, 2.45) is 4.99 Å². The van der Waals surface area contributed by atoms with E-state index in [9.17, 15) is 9.59 Å². The molecule has 0 saturated heterocycles. The highest BCUT2D eigenvalue weighted by Crippen LogP contribution is 2.27. The van der Waals surface area contributed by atoms with Crippen molar-refractivity contribution >= 4 is 23.5 Å². The molecule has 0 aliphatic carbocycles. The van der Waals surface area contributed by atoms with Gasteiger partial charge < -0.3 is 0 Å². The monoisotopic (exact) mass is 495 g/mol. The predicted octanol–water partition coefficient (Wildman–Crippen LogP) is 9.57. The molecule has 0 radical (unpaired) electrons. The summed E-state index contributed by atoms with van der Waals surface area (Å²) in [7, 11) is 0. The van der Waals surface area contributed by atoms with Crippen molar-refractivity contribution in [1.29, 1.82) is 0 Å². The highest BCUT2D eigenvalue weighted by atomic mass is 16.1. The first-order valence-corrected chi connectivity index (χ1v) is 13.1. The quantitative estimate of drug-likeness (QED) is 0.261. The number of aliphatic imine (C=N–C) groups is 1. The summed E-state index contributed by atoms with van der Waals surface area (Å²) < 4.78 is 0. The number of carbonyl (C=O) groups excluding carboxylic acids is 2. The molecular formula is C34H41NO2. The third kappa shape index (κ3) is 9.27. The maximum Gasteiger partial charge on any atom is 0.169 e. The average molecular weight is 496 g/mol. The molecule has 0 amide bonds. The first-order chi connectivity index (χ1) is 18.0. The van der Waals surface area contributed by atoms with E-state index in [1.807, 2.05) is 33.8 Å². The second-order valence-electron chi connectivity index (χ2n) is 8.06. The maximum atomic E-state index is 12.9. The van der Waals surface area contributed by atoms with Crippen LogP contribution in [0.1, 0.15) is 79.3 Å². The molecule has 0 aromatic heterocycles. The fourth-order valence-corrected chi connectivity index (χ4v) is 3.80. The maximum absolute atomic E-state index is 12.9. The van der Waals surface area contributed by atoms with Crippen LogP contribution in [0.5, 0.6) is 0 Å². The minimum Gasteiger partial charge on any atom is -0.295 e. The molecule has 3 heteroatoms. The van der Waals surface area contributed by atoms with Crippen molar-refractivity contribution < 1.29 is 9.59 Å². The highest BCUT2D eigenvalue weighted by Gasteiger charge is 2.16. The topological polar surface area (TPSA) is 46.5 Å². The second kappa shape index (κ2) is 16.8. The zero-order valence-electron chi connectivity index (χ0n) is 23.3. The first kappa shape index (κ1) is 31.2. The van der Waals surface area contributed by atoms with Crippen LogP contribution >= 0.6 is 0 Å². The Bertz CT molecular complexity index is 1220. The van der Waals surface area contributed by atoms with Gasteiger partial charge in [-0.2, -0.15) is 0 Å². The number of hydrogen-bond acceptors (Lipinski definition) is 3. The SMILES string of the molecule is C=C.CC.CC.CC(=O)c1ccc2c(c1)C(=O)C/C(CCc1cccc(-c3ccc(C)cc3)c1)=C\C=N2. The lowest BCUT2D eigenvalue weighted by molar-refractivity contribution is 0.0992. The van der Waals surface area contributed by atoms with Crippen molar-refractivity contribution in [3.63, 3.8) is 0 Å². The Morgan fingerprint density at radius 3 is 2.19 bits per heavy atom. The number of hydrogen-bond donors (Lipinski definition) is 0. The average Bonchev–Trinajstić information content (AvgIpc) is 2.94. The summed E-state index contributed by atoms with van der Waals surface area (Å²) in [6, 6.07) is 22.3. The van der Waals surface area contributed by atoms with Gasteiger partial charge in [-0.05, 0) is 67.7 Å². The fraction of sp³-hybridized carbons (Fsp3) is 0.265. The number of fused-ring (bicyclic) bond motifs is 1. The minimum atomic E-state index is -0.0501. The van der Waals surface area contributed by atoms with Crippen molar-refractivity contribution in [2.45, 2.75) is 60.8 Å². The van der Waals surface area contributed by atoms with Gasteiger partial charge in [0.25, 0.3) is 0 Å². The highest BCUT2D eigenvalue weighted by molar-refractivity contribution is 6.06. The van der Waals surface area contributed by atoms with Crippen LogP contribution in [0.4, 0.5) is 5.69 Å². The lowest BCUT2D eigenvalue weighted by atomic mass is 9.93. The molecule has 1 aliphatic heterocycles. The molecule has 37 heavy (non-hydrogen) atoms. The van der Waals surface area contributed by atoms with E-state index in [4.69, 9.17) is 0 Å². The summed E-state index contributed by atoms with van der Waals surface area (Å²) in [4.78, 5) is 29.0. The molecule has 0 saturated carbocycles. The lowest BCUT2D eigenvalue weighted by Crippen LogP contribution is -2.06. The zero-order valence-corrected chi connectivity index (χ0v) is 23.3. The number of aryl methyl sites for hydroxylation is 2. The van der Waals surface area contributed by atoms with Gasteiger partial charge in [0.1, 0.15) is 0 Å². The number of nitrogens with zero attached hydrogens (tertiary/aromatic N) is 1. The minimum absolute atomic E-state index is 0.00889. The number of allylic oxidation sites excluding steroid dienone is 2. The van der Waals surface area contributed by atoms with Gasteiger partial charge in [0.15, 0.2) is 11.6 Å². The Hall–Kier alpha value is -3.85. The van der Waals surface area contributed by atoms with Gasteiger partial charge in [0.2, 0.25) is 0 Å². The van der Waals surface area contributed by atoms with Gasteiger partial charge in [-0.25, -0.2) is 0 Å². The zero-order chi connectivity index (χ0) is 27.8. The van der Waals surface area contributed by atoms with Crippen molar-refractivity contribution in [1.82, 2.24) is 0 Å². The summed E-state index contributed by atoms with van der Waals surface area (Å²) in [5.41, 5.74) is 7.64. The van der Waals surface area contributed by atoms with E-state index in [0.29, 0.717) is 23.2 Å². The van der Waals surface area contributed by atoms with E-state index in [1.165, 1.54) is 29.2 Å². The molecule has 0 spiro atoms. The summed E-state index contributed by atoms with van der Waals surface area (Å²) in [6.07, 6.45) is 5.70. The molecule has 4 rings (SSSR count). The first-order valence-electron chi connectivity index (χ1n) is 13.1. The van der Waals surface area contributed by atoms with Crippen LogP contribution in [0.25, 0.3) is 11.1 Å². The van der Waals surface area contributed by atoms with E-state index >= 15 is 0 Å². The number of rotatable bonds is 5. The summed E-state index contributed by atoms with van der Waals surface area (Å²) >= 11 is 0. The van der Waals surface area contributed by atoms with E-state index < -0.39 is 0 Å². The van der Waals surface area contributed by atoms with Crippen molar-refractivity contribution in [3.05, 3.63) is 114 Å². The number of benzene rings is 3. The summed E-state index contributed by atoms with van der Waals surface area (Å²) in [5, 5.41) is 0. The van der Waals surface area contributed by atoms with E-state index in [1.54, 1.807) is 24.4 Å². The third-order valence-electron chi connectivity index (χ3n) is 5.66. The molecule has 194 valence electrons. The van der Waals surface area contributed by atoms with Gasteiger partial charge in [-0.15, -0.1) is 13.2 Å². The Labute approximate surface area is 223 Å². The van der Waals surface area contributed by atoms with Crippen LogP contribution in [-0.2, 0) is 6.42 Å². The van der Waals surface area contributed by atoms with Crippen LogP contribution in [0.15, 0.2) is 96.5 Å². The van der Waals surface area contributed by atoms with Crippen LogP contribution in [0.3, 0.4) is 0 Å². The molecule has 3 nitrogen and oxygen atoms in total. The smallest absolute Gasteiger partial charge is 0.169 e. The van der Waals surface area contributed by atoms with Gasteiger partial charge in [-0.3, -0.25) is 14.6 Å². The number of carbonyl (C=O) groups is 2. The molecular weight excluding hydrogens is 454 g/mol. The Morgan fingerprint density at radius 1 is 0.865 bits per heavy atom. The van der Waals surface area contributed by atoms with Crippen molar-refractivity contribution in [2.75, 3.05) is 0 Å². The van der Waals surface area contributed by atoms with Gasteiger partial charge in [0.05, 0.1) is 5.69 Å². The van der Waals surface area contributed by atoms with Crippen LogP contribution in [0.2, 0.25) is 0 Å². The van der Waals surface area contributed by atoms with Gasteiger partial charge in [0, 0.05) is 23.8 Å². The third-order valence-corrected chi connectivity index (χ3v) is 5.66. The van der Waals surface area contributed by atoms with Crippen LogP contribution in [-0.4, -0.2) is 17.8 Å². The lowest BCUT2D eigenvalue weighted by Gasteiger charge is -2.12. The number of ketones is 2. The second-order valence-corrected chi connectivity index (χ2v) is 8.06. The molecule has 1 aliphatic rings.